The molecule has 0 aliphatic carbocycles. The van der Waals surface area contributed by atoms with E-state index in [1.807, 2.05) is 18.2 Å². The monoisotopic (exact) mass is 364 g/mol. The second-order valence-electron chi connectivity index (χ2n) is 5.37. The number of aromatic nitrogens is 2. The quantitative estimate of drug-likeness (QED) is 0.694. The maximum absolute atomic E-state index is 12.4. The molecule has 1 aromatic heterocycles. The molecule has 0 bridgehead atoms. The number of anilines is 1. The van der Waals surface area contributed by atoms with E-state index < -0.39 is 5.91 Å². The third kappa shape index (κ3) is 3.22. The summed E-state index contributed by atoms with van der Waals surface area (Å²) < 4.78 is 0. The smallest absolute Gasteiger partial charge is 0.283 e. The van der Waals surface area contributed by atoms with Crippen LogP contribution in [-0.2, 0) is 0 Å². The summed E-state index contributed by atoms with van der Waals surface area (Å²) in [4.78, 5) is 39.2. The number of rotatable bonds is 3. The molecule has 1 aliphatic rings. The van der Waals surface area contributed by atoms with Crippen LogP contribution in [0.3, 0.4) is 0 Å². The molecule has 0 fully saturated rings. The number of hydrogen-bond donors (Lipinski definition) is 2. The predicted molar refractivity (Wildman–Crippen MR) is 95.1 cm³/mol. The molecule has 1 aliphatic heterocycles. The topological polar surface area (TPSA) is 93.2 Å². The first-order valence-corrected chi connectivity index (χ1v) is 8.47. The van der Waals surface area contributed by atoms with Gasteiger partial charge in [0.2, 0.25) is 0 Å². The Morgan fingerprint density at radius 2 is 1.88 bits per heavy atom. The molecule has 2 heterocycles. The third-order valence-corrected chi connectivity index (χ3v) is 4.79. The van der Waals surface area contributed by atoms with Crippen molar-refractivity contribution < 1.29 is 14.4 Å². The number of nitrogens with zero attached hydrogens (tertiary/aromatic N) is 2. The highest BCUT2D eigenvalue weighted by Gasteiger charge is 2.20. The van der Waals surface area contributed by atoms with Gasteiger partial charge >= 0.3 is 0 Å². The Hall–Kier alpha value is -3.39. The van der Waals surface area contributed by atoms with Gasteiger partial charge in [-0.2, -0.15) is 5.48 Å². The Balaban J connectivity index is 1.55. The zero-order valence-electron chi connectivity index (χ0n) is 13.3. The van der Waals surface area contributed by atoms with Crippen LogP contribution in [-0.4, -0.2) is 21.8 Å². The maximum atomic E-state index is 12.4. The highest BCUT2D eigenvalue weighted by molar-refractivity contribution is 7.99. The molecule has 128 valence electrons. The number of benzene rings is 2. The van der Waals surface area contributed by atoms with E-state index in [0.717, 1.165) is 9.79 Å². The van der Waals surface area contributed by atoms with Crippen LogP contribution < -0.4 is 15.6 Å². The van der Waals surface area contributed by atoms with Crippen molar-refractivity contribution in [2.75, 3.05) is 5.32 Å². The van der Waals surface area contributed by atoms with Gasteiger partial charge in [-0.1, -0.05) is 23.9 Å². The van der Waals surface area contributed by atoms with E-state index >= 15 is 0 Å². The predicted octanol–water partition coefficient (Wildman–Crippen LogP) is 2.92. The van der Waals surface area contributed by atoms with Crippen molar-refractivity contribution in [2.24, 2.45) is 0 Å². The summed E-state index contributed by atoms with van der Waals surface area (Å²) in [6.07, 6.45) is 4.22. The number of nitrogens with one attached hydrogen (secondary N) is 2. The van der Waals surface area contributed by atoms with Gasteiger partial charge in [0, 0.05) is 15.4 Å². The van der Waals surface area contributed by atoms with E-state index in [1.54, 1.807) is 24.3 Å². The van der Waals surface area contributed by atoms with E-state index in [2.05, 4.69) is 20.8 Å². The van der Waals surface area contributed by atoms with Gasteiger partial charge in [0.25, 0.3) is 11.8 Å². The Morgan fingerprint density at radius 1 is 1.08 bits per heavy atom. The molecule has 2 N–H and O–H groups in total. The van der Waals surface area contributed by atoms with E-state index in [0.29, 0.717) is 22.6 Å². The molecular weight excluding hydrogens is 352 g/mol. The van der Waals surface area contributed by atoms with Crippen molar-refractivity contribution >= 4 is 29.3 Å². The second-order valence-corrected chi connectivity index (χ2v) is 6.45. The molecule has 4 rings (SSSR count). The molecular formula is C18H12N4O3S. The third-order valence-electron chi connectivity index (χ3n) is 3.64. The average molecular weight is 364 g/mol. The van der Waals surface area contributed by atoms with Gasteiger partial charge in [-0.25, -0.2) is 9.97 Å². The lowest BCUT2D eigenvalue weighted by Gasteiger charge is -2.10. The zero-order chi connectivity index (χ0) is 17.9. The molecule has 2 amide bonds. The molecule has 8 heteroatoms. The summed E-state index contributed by atoms with van der Waals surface area (Å²) in [7, 11) is 0. The lowest BCUT2D eigenvalue weighted by Crippen LogP contribution is -2.27. The van der Waals surface area contributed by atoms with Crippen molar-refractivity contribution in [3.63, 3.8) is 0 Å². The summed E-state index contributed by atoms with van der Waals surface area (Å²) in [5.41, 5.74) is 3.86. The van der Waals surface area contributed by atoms with Crippen LogP contribution in [0.1, 0.15) is 20.7 Å². The zero-order valence-corrected chi connectivity index (χ0v) is 14.1. The average Bonchev–Trinajstić information content (AvgIpc) is 2.82. The van der Waals surface area contributed by atoms with Crippen molar-refractivity contribution in [2.45, 2.75) is 9.79 Å². The molecule has 2 aromatic carbocycles. The first-order valence-electron chi connectivity index (χ1n) is 7.65. The standard InChI is InChI=1S/C18H12N4O3S/c23-17(22-25-12-8-19-10-20-9-12)11-5-6-16-14(7-11)21-18(24)13-3-1-2-4-15(13)26-16/h1-10H,(H,21,24)(H,22,23). The Bertz CT molecular complexity index is 995. The van der Waals surface area contributed by atoms with Gasteiger partial charge in [-0.05, 0) is 30.3 Å². The highest BCUT2D eigenvalue weighted by atomic mass is 32.2. The second kappa shape index (κ2) is 6.85. The molecule has 0 unspecified atom stereocenters. The Kier molecular flexibility index (Phi) is 4.24. The normalized spacial score (nSPS) is 12.2. The highest BCUT2D eigenvalue weighted by Crippen LogP contribution is 2.38. The van der Waals surface area contributed by atoms with Crippen molar-refractivity contribution in [3.05, 3.63) is 72.3 Å². The molecule has 3 aromatic rings. The van der Waals surface area contributed by atoms with E-state index in [1.165, 1.54) is 30.5 Å². The molecule has 0 radical (unpaired) electrons. The minimum atomic E-state index is -0.447. The van der Waals surface area contributed by atoms with Crippen LogP contribution in [0.5, 0.6) is 5.75 Å². The van der Waals surface area contributed by atoms with Crippen LogP contribution in [0.2, 0.25) is 0 Å². The van der Waals surface area contributed by atoms with Crippen LogP contribution in [0, 0.1) is 0 Å². The Morgan fingerprint density at radius 3 is 2.73 bits per heavy atom. The van der Waals surface area contributed by atoms with Crippen LogP contribution >= 0.6 is 11.8 Å². The molecule has 26 heavy (non-hydrogen) atoms. The summed E-state index contributed by atoms with van der Waals surface area (Å²) >= 11 is 1.47. The number of carbonyl (C=O) groups excluding carboxylic acids is 2. The van der Waals surface area contributed by atoms with E-state index in [4.69, 9.17) is 4.84 Å². The molecule has 0 spiro atoms. The molecule has 0 saturated heterocycles. The maximum Gasteiger partial charge on any atom is 0.283 e. The number of carbonyl (C=O) groups is 2. The fraction of sp³-hybridized carbons (Fsp3) is 0. The fourth-order valence-corrected chi connectivity index (χ4v) is 3.42. The van der Waals surface area contributed by atoms with E-state index in [9.17, 15) is 9.59 Å². The van der Waals surface area contributed by atoms with Gasteiger partial charge in [0.05, 0.1) is 23.6 Å². The first-order chi connectivity index (χ1) is 12.7. The summed E-state index contributed by atoms with van der Waals surface area (Å²) in [5.74, 6) is -0.338. The Labute approximate surface area is 152 Å². The van der Waals surface area contributed by atoms with Gasteiger partial charge in [0.15, 0.2) is 5.75 Å². The summed E-state index contributed by atoms with van der Waals surface area (Å²) in [6.45, 7) is 0. The summed E-state index contributed by atoms with van der Waals surface area (Å²) in [5, 5.41) is 2.85. The fourth-order valence-electron chi connectivity index (χ4n) is 2.41. The minimum Gasteiger partial charge on any atom is -0.376 e. The lowest BCUT2D eigenvalue weighted by atomic mass is 10.1. The van der Waals surface area contributed by atoms with Gasteiger partial charge < -0.3 is 10.2 Å². The molecule has 0 atom stereocenters. The number of amides is 2. The molecule has 0 saturated carbocycles. The summed E-state index contributed by atoms with van der Waals surface area (Å²) in [6, 6.07) is 12.5. The van der Waals surface area contributed by atoms with Crippen LogP contribution in [0.25, 0.3) is 0 Å². The van der Waals surface area contributed by atoms with Gasteiger partial charge in [-0.3, -0.25) is 9.59 Å². The van der Waals surface area contributed by atoms with Crippen LogP contribution in [0.4, 0.5) is 5.69 Å². The number of hydroxylamine groups is 1. The SMILES string of the molecule is O=C(NOc1cncnc1)c1ccc2c(c1)NC(=O)c1ccccc1S2. The van der Waals surface area contributed by atoms with Crippen molar-refractivity contribution in [1.29, 1.82) is 0 Å². The largest absolute Gasteiger partial charge is 0.376 e. The van der Waals surface area contributed by atoms with Gasteiger partial charge in [-0.15, -0.1) is 0 Å². The number of hydrogen-bond acceptors (Lipinski definition) is 6. The van der Waals surface area contributed by atoms with E-state index in [-0.39, 0.29) is 5.91 Å². The van der Waals surface area contributed by atoms with Crippen LogP contribution in [0.15, 0.2) is 71.0 Å². The lowest BCUT2D eigenvalue weighted by molar-refractivity contribution is 0.0758. The van der Waals surface area contributed by atoms with Crippen molar-refractivity contribution in [1.82, 2.24) is 15.4 Å². The molecule has 7 nitrogen and oxygen atoms in total. The van der Waals surface area contributed by atoms with Crippen molar-refractivity contribution in [3.8, 4) is 5.75 Å². The number of fused-ring (bicyclic) bond motifs is 2. The minimum absolute atomic E-state index is 0.206. The first kappa shape index (κ1) is 16.1. The van der Waals surface area contributed by atoms with Gasteiger partial charge in [0.1, 0.15) is 6.33 Å².